The van der Waals surface area contributed by atoms with Gasteiger partial charge in [-0.2, -0.15) is 11.8 Å². The van der Waals surface area contributed by atoms with Crippen molar-refractivity contribution in [3.63, 3.8) is 0 Å². The van der Waals surface area contributed by atoms with Crippen LogP contribution in [-0.4, -0.2) is 102 Å². The molecule has 2 saturated carbocycles. The largest absolute Gasteiger partial charge is 0.497 e. The third-order valence-corrected chi connectivity index (χ3v) is 12.3. The van der Waals surface area contributed by atoms with E-state index >= 15 is 0 Å². The van der Waals surface area contributed by atoms with Crippen LogP contribution in [0.15, 0.2) is 42.6 Å². The van der Waals surface area contributed by atoms with E-state index in [-0.39, 0.29) is 25.1 Å². The number of hydrogen-bond acceptors (Lipinski definition) is 11. The van der Waals surface area contributed by atoms with Gasteiger partial charge < -0.3 is 29.7 Å². The van der Waals surface area contributed by atoms with Crippen molar-refractivity contribution in [2.75, 3.05) is 25.2 Å². The SMILES string of the molecule is COc1ccc2c(OC3C[C@H]4C(=O)N[C@]5(C(=O)NS(=O)(=O)C6CC6)CC5/C=C\CCCSC[C@H](NC(=O)OC(C)(C)C)C(=O)N4C3)nccc2c1. The molecule has 14 nitrogen and oxygen atoms in total. The molecule has 3 N–H and O–H groups in total. The molecule has 0 radical (unpaired) electrons. The number of allylic oxidation sites excluding steroid dienone is 1. The Morgan fingerprint density at radius 3 is 2.67 bits per heavy atom. The highest BCUT2D eigenvalue weighted by Crippen LogP contribution is 2.46. The Labute approximate surface area is 301 Å². The number of aromatic nitrogens is 1. The van der Waals surface area contributed by atoms with Crippen LogP contribution in [0.25, 0.3) is 10.8 Å². The number of carbonyl (C=O) groups excluding carboxylic acids is 4. The Kier molecular flexibility index (Phi) is 10.5. The Morgan fingerprint density at radius 1 is 1.16 bits per heavy atom. The highest BCUT2D eigenvalue weighted by atomic mass is 32.2. The number of hydrogen-bond donors (Lipinski definition) is 3. The first-order valence-electron chi connectivity index (χ1n) is 17.2. The average Bonchev–Trinajstić information content (AvgIpc) is 3.99. The van der Waals surface area contributed by atoms with Gasteiger partial charge in [0.05, 0.1) is 18.9 Å². The average molecular weight is 744 g/mol. The number of benzene rings is 1. The lowest BCUT2D eigenvalue weighted by molar-refractivity contribution is -0.140. The zero-order chi connectivity index (χ0) is 36.6. The van der Waals surface area contributed by atoms with Crippen molar-refractivity contribution in [2.24, 2.45) is 5.92 Å². The fraction of sp³-hybridized carbons (Fsp3) is 0.571. The summed E-state index contributed by atoms with van der Waals surface area (Å²) in [6.45, 7) is 5.15. The maximum Gasteiger partial charge on any atom is 0.408 e. The number of methoxy groups -OCH3 is 1. The van der Waals surface area contributed by atoms with Crippen LogP contribution >= 0.6 is 11.8 Å². The lowest BCUT2D eigenvalue weighted by atomic mass is 10.1. The Hall–Kier alpha value is -4.05. The molecule has 3 fully saturated rings. The van der Waals surface area contributed by atoms with Crippen LogP contribution in [0.2, 0.25) is 0 Å². The van der Waals surface area contributed by atoms with E-state index < -0.39 is 74.3 Å². The zero-order valence-corrected chi connectivity index (χ0v) is 30.8. The van der Waals surface area contributed by atoms with E-state index in [1.54, 1.807) is 40.1 Å². The topological polar surface area (TPSA) is 182 Å². The maximum absolute atomic E-state index is 14.4. The van der Waals surface area contributed by atoms with Crippen LogP contribution in [0.4, 0.5) is 4.79 Å². The molecule has 2 aromatic rings. The van der Waals surface area contributed by atoms with Crippen molar-refractivity contribution in [3.05, 3.63) is 42.6 Å². The Bertz CT molecular complexity index is 1830. The molecule has 1 aromatic carbocycles. The van der Waals surface area contributed by atoms with Gasteiger partial charge in [0.15, 0.2) is 0 Å². The van der Waals surface area contributed by atoms with Gasteiger partial charge in [-0.25, -0.2) is 18.2 Å². The summed E-state index contributed by atoms with van der Waals surface area (Å²) in [6.07, 6.45) is 6.58. The van der Waals surface area contributed by atoms with E-state index in [2.05, 4.69) is 20.3 Å². The predicted molar refractivity (Wildman–Crippen MR) is 191 cm³/mol. The van der Waals surface area contributed by atoms with Crippen LogP contribution in [0.1, 0.15) is 59.3 Å². The molecule has 4 amide bonds. The smallest absolute Gasteiger partial charge is 0.408 e. The summed E-state index contributed by atoms with van der Waals surface area (Å²) in [6, 6.07) is 5.13. The minimum absolute atomic E-state index is 0.0130. The number of sulfonamides is 1. The molecule has 51 heavy (non-hydrogen) atoms. The fourth-order valence-corrected chi connectivity index (χ4v) is 8.80. The van der Waals surface area contributed by atoms with Gasteiger partial charge in [-0.05, 0) is 88.3 Å². The summed E-state index contributed by atoms with van der Waals surface area (Å²) in [7, 11) is -2.31. The second-order valence-electron chi connectivity index (χ2n) is 14.5. The third kappa shape index (κ3) is 8.54. The quantitative estimate of drug-likeness (QED) is 0.355. The highest BCUT2D eigenvalue weighted by Gasteiger charge is 2.62. The van der Waals surface area contributed by atoms with Crippen LogP contribution in [-0.2, 0) is 29.1 Å². The number of amides is 4. The molecule has 6 rings (SSSR count). The first kappa shape index (κ1) is 36.7. The van der Waals surface area contributed by atoms with Crippen molar-refractivity contribution in [2.45, 2.75) is 93.9 Å². The molecule has 4 aliphatic rings. The Balaban J connectivity index is 1.30. The normalized spacial score (nSPS) is 27.9. The molecular weight excluding hydrogens is 699 g/mol. The zero-order valence-electron chi connectivity index (χ0n) is 29.2. The summed E-state index contributed by atoms with van der Waals surface area (Å²) >= 11 is 1.50. The van der Waals surface area contributed by atoms with Crippen molar-refractivity contribution < 1.29 is 41.8 Å². The number of carbonyl (C=O) groups is 4. The molecule has 1 aromatic heterocycles. The fourth-order valence-electron chi connectivity index (χ4n) is 6.44. The number of thioether (sulfide) groups is 1. The molecule has 2 aliphatic heterocycles. The van der Waals surface area contributed by atoms with Gasteiger partial charge in [-0.3, -0.25) is 19.1 Å². The summed E-state index contributed by atoms with van der Waals surface area (Å²) in [5, 5.41) is 6.48. The lowest BCUT2D eigenvalue weighted by Gasteiger charge is -2.30. The molecular formula is C35H45N5O9S2. The highest BCUT2D eigenvalue weighted by molar-refractivity contribution is 7.99. The molecule has 276 valence electrons. The summed E-state index contributed by atoms with van der Waals surface area (Å²) < 4.78 is 45.0. The van der Waals surface area contributed by atoms with E-state index in [9.17, 15) is 27.6 Å². The molecule has 2 aliphatic carbocycles. The van der Waals surface area contributed by atoms with E-state index in [4.69, 9.17) is 14.2 Å². The number of alkyl carbamates (subject to hydrolysis) is 1. The van der Waals surface area contributed by atoms with Crippen LogP contribution in [0.5, 0.6) is 11.6 Å². The van der Waals surface area contributed by atoms with E-state index in [0.29, 0.717) is 42.0 Å². The molecule has 5 atom stereocenters. The van der Waals surface area contributed by atoms with Gasteiger partial charge in [0, 0.05) is 29.7 Å². The van der Waals surface area contributed by atoms with E-state index in [1.807, 2.05) is 30.4 Å². The van der Waals surface area contributed by atoms with E-state index in [1.165, 1.54) is 16.7 Å². The predicted octanol–water partition coefficient (Wildman–Crippen LogP) is 3.05. The summed E-state index contributed by atoms with van der Waals surface area (Å²) in [4.78, 5) is 61.0. The number of rotatable bonds is 7. The molecule has 2 unspecified atom stereocenters. The van der Waals surface area contributed by atoms with Gasteiger partial charge >= 0.3 is 6.09 Å². The first-order chi connectivity index (χ1) is 24.2. The van der Waals surface area contributed by atoms with Gasteiger partial charge in [0.2, 0.25) is 27.7 Å². The molecule has 16 heteroatoms. The number of fused-ring (bicyclic) bond motifs is 3. The van der Waals surface area contributed by atoms with Crippen molar-refractivity contribution in [1.29, 1.82) is 0 Å². The standard InChI is InChI=1S/C35H45N5O9S2/c1-34(2,3)49-33(44)37-27-20-50-15-7-5-6-8-22-18-35(22,32(43)39-51(45,46)25-10-11-25)38-29(41)28-17-24(19-40(28)31(27)42)48-30-26-12-9-23(47-4)16-21(26)13-14-36-30/h6,8-9,12-14,16,22,24-25,27-28H,5,7,10-11,15,17-20H2,1-4H3,(H,37,44)(H,38,41)(H,39,43)/b8-6-/t22?,24?,27-,28-,35+/m0/s1. The van der Waals surface area contributed by atoms with Crippen LogP contribution in [0.3, 0.4) is 0 Å². The van der Waals surface area contributed by atoms with Gasteiger partial charge in [-0.1, -0.05) is 12.2 Å². The van der Waals surface area contributed by atoms with Crippen LogP contribution < -0.4 is 24.8 Å². The number of ether oxygens (including phenoxy) is 3. The monoisotopic (exact) mass is 743 g/mol. The van der Waals surface area contributed by atoms with Crippen molar-refractivity contribution in [3.8, 4) is 11.6 Å². The first-order valence-corrected chi connectivity index (χ1v) is 19.9. The second-order valence-corrected chi connectivity index (χ2v) is 17.6. The third-order valence-electron chi connectivity index (χ3n) is 9.33. The molecule has 0 spiro atoms. The van der Waals surface area contributed by atoms with Gasteiger partial charge in [0.25, 0.3) is 5.91 Å². The van der Waals surface area contributed by atoms with Crippen LogP contribution in [0, 0.1) is 5.92 Å². The maximum atomic E-state index is 14.4. The molecule has 3 heterocycles. The van der Waals surface area contributed by atoms with E-state index in [0.717, 1.165) is 11.8 Å². The minimum Gasteiger partial charge on any atom is -0.497 e. The summed E-state index contributed by atoms with van der Waals surface area (Å²) in [5.74, 6) is -0.466. The van der Waals surface area contributed by atoms with Crippen molar-refractivity contribution in [1.82, 2.24) is 25.2 Å². The molecule has 0 bridgehead atoms. The van der Waals surface area contributed by atoms with Crippen molar-refractivity contribution >= 4 is 56.4 Å². The Morgan fingerprint density at radius 2 is 1.94 bits per heavy atom. The summed E-state index contributed by atoms with van der Waals surface area (Å²) in [5.41, 5.74) is -2.30. The number of nitrogens with zero attached hydrogens (tertiary/aromatic N) is 2. The molecule has 1 saturated heterocycles. The minimum atomic E-state index is -3.88. The van der Waals surface area contributed by atoms with Gasteiger partial charge in [-0.15, -0.1) is 0 Å². The lowest BCUT2D eigenvalue weighted by Crippen LogP contribution is -2.58. The van der Waals surface area contributed by atoms with Gasteiger partial charge in [0.1, 0.15) is 35.1 Å². The second kappa shape index (κ2) is 14.5. The number of pyridine rings is 1. The number of nitrogens with one attached hydrogen (secondary N) is 3.